The summed E-state index contributed by atoms with van der Waals surface area (Å²) in [4.78, 5) is 17.3. The fourth-order valence-electron chi connectivity index (χ4n) is 4.82. The molecule has 1 aliphatic carbocycles. The number of aliphatic hydroxyl groups is 1. The van der Waals surface area contributed by atoms with E-state index in [1.807, 2.05) is 11.8 Å². The largest absolute Gasteiger partial charge is 0.459 e. The summed E-state index contributed by atoms with van der Waals surface area (Å²) < 4.78 is 12.1. The lowest BCUT2D eigenvalue weighted by Gasteiger charge is -2.41. The van der Waals surface area contributed by atoms with E-state index in [-0.39, 0.29) is 24.7 Å². The molecule has 2 heterocycles. The topological polar surface area (TPSA) is 62.2 Å². The zero-order valence-corrected chi connectivity index (χ0v) is 16.9. The molecule has 3 aliphatic rings. The van der Waals surface area contributed by atoms with Crippen LogP contribution in [0.3, 0.4) is 0 Å². The zero-order valence-electron chi connectivity index (χ0n) is 16.9. The first-order valence-corrected chi connectivity index (χ1v) is 10.7. The Labute approximate surface area is 163 Å². The van der Waals surface area contributed by atoms with Crippen LogP contribution in [0.25, 0.3) is 0 Å². The summed E-state index contributed by atoms with van der Waals surface area (Å²) in [5, 5.41) is 9.33. The van der Waals surface area contributed by atoms with E-state index in [4.69, 9.17) is 9.47 Å². The molecule has 0 unspecified atom stereocenters. The normalized spacial score (nSPS) is 30.3. The van der Waals surface area contributed by atoms with Crippen molar-refractivity contribution in [2.45, 2.75) is 51.7 Å². The third kappa shape index (κ3) is 5.04. The van der Waals surface area contributed by atoms with Gasteiger partial charge in [0.2, 0.25) is 6.29 Å². The van der Waals surface area contributed by atoms with E-state index in [1.54, 1.807) is 0 Å². The fourth-order valence-corrected chi connectivity index (χ4v) is 4.82. The van der Waals surface area contributed by atoms with E-state index in [0.717, 1.165) is 39.0 Å². The van der Waals surface area contributed by atoms with Crippen LogP contribution < -0.4 is 0 Å². The highest BCUT2D eigenvalue weighted by molar-refractivity contribution is 5.91. The predicted octanol–water partition coefficient (Wildman–Crippen LogP) is 2.23. The van der Waals surface area contributed by atoms with Crippen LogP contribution >= 0.6 is 0 Å². The first kappa shape index (κ1) is 20.6. The lowest BCUT2D eigenvalue weighted by molar-refractivity contribution is -0.179. The minimum Gasteiger partial charge on any atom is -0.459 e. The summed E-state index contributed by atoms with van der Waals surface area (Å²) in [6.45, 7) is 6.02. The van der Waals surface area contributed by atoms with Crippen LogP contribution in [-0.4, -0.2) is 73.5 Å². The number of carbonyl (C=O) groups is 1. The standard InChI is InChI=1S/C21H36N2O4/c1-3-26-21-17(9-6-14-24)18(16-7-4-5-8-16)15-19(27-21)20(25)23-12-10-22(2)11-13-23/h15-18,21,24H,3-14H2,1-2H3/t17-,18+,21+/m0/s1. The molecule has 0 aromatic carbocycles. The molecule has 154 valence electrons. The first-order chi connectivity index (χ1) is 13.1. The number of allylic oxidation sites excluding steroid dienone is 1. The second kappa shape index (κ2) is 9.89. The van der Waals surface area contributed by atoms with Gasteiger partial charge in [-0.2, -0.15) is 0 Å². The maximum atomic E-state index is 13.1. The van der Waals surface area contributed by atoms with E-state index >= 15 is 0 Å². The lowest BCUT2D eigenvalue weighted by Crippen LogP contribution is -2.49. The van der Waals surface area contributed by atoms with Crippen molar-refractivity contribution < 1.29 is 19.4 Å². The molecule has 6 nitrogen and oxygen atoms in total. The van der Waals surface area contributed by atoms with Crippen LogP contribution in [0.1, 0.15) is 45.4 Å². The van der Waals surface area contributed by atoms with Gasteiger partial charge in [-0.05, 0) is 57.6 Å². The van der Waals surface area contributed by atoms with E-state index in [2.05, 4.69) is 18.0 Å². The number of hydrogen-bond donors (Lipinski definition) is 1. The van der Waals surface area contributed by atoms with E-state index in [9.17, 15) is 9.90 Å². The molecule has 1 N–H and O–H groups in total. The van der Waals surface area contributed by atoms with Crippen LogP contribution in [0.2, 0.25) is 0 Å². The molecule has 2 fully saturated rings. The van der Waals surface area contributed by atoms with Gasteiger partial charge in [-0.3, -0.25) is 4.79 Å². The summed E-state index contributed by atoms with van der Waals surface area (Å²) in [5.74, 6) is 1.60. The Morgan fingerprint density at radius 1 is 1.26 bits per heavy atom. The second-order valence-corrected chi connectivity index (χ2v) is 8.22. The molecule has 1 saturated carbocycles. The number of carbonyl (C=O) groups excluding carboxylic acids is 1. The van der Waals surface area contributed by atoms with E-state index < -0.39 is 0 Å². The maximum absolute atomic E-state index is 13.1. The molecule has 3 rings (SSSR count). The maximum Gasteiger partial charge on any atom is 0.288 e. The molecule has 0 aromatic rings. The molecule has 1 amide bonds. The van der Waals surface area contributed by atoms with E-state index in [1.165, 1.54) is 25.7 Å². The van der Waals surface area contributed by atoms with Crippen LogP contribution in [-0.2, 0) is 14.3 Å². The van der Waals surface area contributed by atoms with Gasteiger partial charge < -0.3 is 24.4 Å². The number of nitrogens with zero attached hydrogens (tertiary/aromatic N) is 2. The summed E-state index contributed by atoms with van der Waals surface area (Å²) in [6.07, 6.45) is 8.30. The van der Waals surface area contributed by atoms with Crippen molar-refractivity contribution in [3.8, 4) is 0 Å². The van der Waals surface area contributed by atoms with Gasteiger partial charge in [0.1, 0.15) is 0 Å². The van der Waals surface area contributed by atoms with Crippen molar-refractivity contribution in [1.82, 2.24) is 9.80 Å². The molecule has 0 radical (unpaired) electrons. The number of rotatable bonds is 7. The Balaban J connectivity index is 1.80. The molecular weight excluding hydrogens is 344 g/mol. The Morgan fingerprint density at radius 2 is 1.96 bits per heavy atom. The molecule has 3 atom stereocenters. The summed E-state index contributed by atoms with van der Waals surface area (Å²) in [6, 6.07) is 0. The van der Waals surface area contributed by atoms with Crippen molar-refractivity contribution >= 4 is 5.91 Å². The number of piperazine rings is 1. The third-order valence-corrected chi connectivity index (χ3v) is 6.40. The number of likely N-dealkylation sites (N-methyl/N-ethyl adjacent to an activating group) is 1. The molecule has 6 heteroatoms. The molecule has 1 saturated heterocycles. The highest BCUT2D eigenvalue weighted by Crippen LogP contribution is 2.43. The number of ether oxygens (including phenoxy) is 2. The Hall–Kier alpha value is -1.11. The Bertz CT molecular complexity index is 510. The van der Waals surface area contributed by atoms with Crippen LogP contribution in [0.5, 0.6) is 0 Å². The average molecular weight is 381 g/mol. The predicted molar refractivity (Wildman–Crippen MR) is 104 cm³/mol. The van der Waals surface area contributed by atoms with Crippen molar-refractivity contribution in [3.63, 3.8) is 0 Å². The lowest BCUT2D eigenvalue weighted by atomic mass is 9.76. The van der Waals surface area contributed by atoms with Crippen LogP contribution in [0.15, 0.2) is 11.8 Å². The molecular formula is C21H36N2O4. The van der Waals surface area contributed by atoms with Crippen molar-refractivity contribution in [3.05, 3.63) is 11.8 Å². The van der Waals surface area contributed by atoms with Gasteiger partial charge in [0.25, 0.3) is 5.91 Å². The number of aliphatic hydroxyl groups excluding tert-OH is 1. The SMILES string of the molecule is CCO[C@@H]1OC(C(=O)N2CCN(C)CC2)=C[C@H](C2CCCC2)[C@@H]1CCCO. The monoisotopic (exact) mass is 380 g/mol. The summed E-state index contributed by atoms with van der Waals surface area (Å²) in [7, 11) is 2.09. The molecule has 2 aliphatic heterocycles. The van der Waals surface area contributed by atoms with Gasteiger partial charge in [-0.1, -0.05) is 12.8 Å². The molecule has 27 heavy (non-hydrogen) atoms. The van der Waals surface area contributed by atoms with Crippen molar-refractivity contribution in [2.24, 2.45) is 17.8 Å². The zero-order chi connectivity index (χ0) is 19.2. The third-order valence-electron chi connectivity index (χ3n) is 6.40. The van der Waals surface area contributed by atoms with Crippen LogP contribution in [0.4, 0.5) is 0 Å². The second-order valence-electron chi connectivity index (χ2n) is 8.22. The number of hydrogen-bond acceptors (Lipinski definition) is 5. The minimum absolute atomic E-state index is 0.0106. The quantitative estimate of drug-likeness (QED) is 0.734. The van der Waals surface area contributed by atoms with E-state index in [0.29, 0.717) is 24.2 Å². The van der Waals surface area contributed by atoms with Gasteiger partial charge in [-0.25, -0.2) is 0 Å². The Kier molecular flexibility index (Phi) is 7.56. The first-order valence-electron chi connectivity index (χ1n) is 10.7. The smallest absolute Gasteiger partial charge is 0.288 e. The highest BCUT2D eigenvalue weighted by atomic mass is 16.7. The highest BCUT2D eigenvalue weighted by Gasteiger charge is 2.42. The van der Waals surface area contributed by atoms with Crippen molar-refractivity contribution in [2.75, 3.05) is 46.4 Å². The van der Waals surface area contributed by atoms with Gasteiger partial charge in [0.15, 0.2) is 5.76 Å². The average Bonchev–Trinajstić information content (AvgIpc) is 3.21. The summed E-state index contributed by atoms with van der Waals surface area (Å²) in [5.41, 5.74) is 0. The minimum atomic E-state index is -0.386. The van der Waals surface area contributed by atoms with Crippen LogP contribution in [0, 0.1) is 17.8 Å². The van der Waals surface area contributed by atoms with Gasteiger partial charge in [0.05, 0.1) is 0 Å². The van der Waals surface area contributed by atoms with Gasteiger partial charge >= 0.3 is 0 Å². The summed E-state index contributed by atoms with van der Waals surface area (Å²) >= 11 is 0. The van der Waals surface area contributed by atoms with Crippen molar-refractivity contribution in [1.29, 1.82) is 0 Å². The molecule has 0 spiro atoms. The van der Waals surface area contributed by atoms with Gasteiger partial charge in [-0.15, -0.1) is 0 Å². The molecule has 0 aromatic heterocycles. The van der Waals surface area contributed by atoms with Gasteiger partial charge in [0, 0.05) is 45.3 Å². The fraction of sp³-hybridized carbons (Fsp3) is 0.857. The number of amides is 1. The Morgan fingerprint density at radius 3 is 2.59 bits per heavy atom. The molecule has 0 bridgehead atoms.